The van der Waals surface area contributed by atoms with Gasteiger partial charge in [0.25, 0.3) is 0 Å². The molecule has 3 heterocycles. The van der Waals surface area contributed by atoms with Crippen molar-refractivity contribution in [1.82, 2.24) is 9.97 Å². The second kappa shape index (κ2) is 5.18. The first-order valence-electron chi connectivity index (χ1n) is 6.52. The van der Waals surface area contributed by atoms with Gasteiger partial charge in [-0.1, -0.05) is 0 Å². The van der Waals surface area contributed by atoms with Gasteiger partial charge in [0.2, 0.25) is 11.2 Å². The molecule has 0 atom stereocenters. The highest BCUT2D eigenvalue weighted by Gasteiger charge is 2.25. The summed E-state index contributed by atoms with van der Waals surface area (Å²) in [6.45, 7) is 3.58. The van der Waals surface area contributed by atoms with Crippen molar-refractivity contribution in [3.63, 3.8) is 0 Å². The lowest BCUT2D eigenvalue weighted by Gasteiger charge is -2.31. The van der Waals surface area contributed by atoms with E-state index >= 15 is 0 Å². The van der Waals surface area contributed by atoms with Crippen LogP contribution in [0.1, 0.15) is 17.7 Å². The second-order valence-electron chi connectivity index (χ2n) is 5.06. The summed E-state index contributed by atoms with van der Waals surface area (Å²) in [7, 11) is 0. The van der Waals surface area contributed by atoms with Gasteiger partial charge in [0, 0.05) is 23.9 Å². The molecule has 3 rings (SSSR count). The molecule has 1 aliphatic heterocycles. The van der Waals surface area contributed by atoms with Crippen molar-refractivity contribution in [3.05, 3.63) is 16.2 Å². The number of primary amides is 1. The van der Waals surface area contributed by atoms with E-state index in [4.69, 9.17) is 17.3 Å². The van der Waals surface area contributed by atoms with Crippen LogP contribution < -0.4 is 10.6 Å². The standard InChI is InChI=1S/C13H15ClN4OS/c1-7-6-9-11(16-13(14)17-12(9)20-7)18-4-2-8(3-5-18)10(15)19/h6,8H,2-5H2,1H3,(H2,15,19). The number of thiophene rings is 1. The number of carbonyl (C=O) groups excluding carboxylic acids is 1. The van der Waals surface area contributed by atoms with Gasteiger partial charge in [0.05, 0.1) is 5.39 Å². The Morgan fingerprint density at radius 2 is 2.15 bits per heavy atom. The van der Waals surface area contributed by atoms with Crippen molar-refractivity contribution in [2.75, 3.05) is 18.0 Å². The lowest BCUT2D eigenvalue weighted by Crippen LogP contribution is -2.39. The first kappa shape index (κ1) is 13.6. The number of carbonyl (C=O) groups is 1. The number of aryl methyl sites for hydroxylation is 1. The highest BCUT2D eigenvalue weighted by Crippen LogP contribution is 2.33. The number of aromatic nitrogens is 2. The number of anilines is 1. The van der Waals surface area contributed by atoms with E-state index in [0.717, 1.165) is 42.0 Å². The van der Waals surface area contributed by atoms with Gasteiger partial charge in [0.15, 0.2) is 0 Å². The number of rotatable bonds is 2. The molecule has 2 aromatic heterocycles. The van der Waals surface area contributed by atoms with Gasteiger partial charge in [-0.3, -0.25) is 4.79 Å². The molecule has 2 aromatic rings. The van der Waals surface area contributed by atoms with Crippen molar-refractivity contribution in [2.45, 2.75) is 19.8 Å². The molecule has 1 fully saturated rings. The summed E-state index contributed by atoms with van der Waals surface area (Å²) in [5.41, 5.74) is 5.37. The molecular formula is C13H15ClN4OS. The molecule has 7 heteroatoms. The zero-order valence-electron chi connectivity index (χ0n) is 11.1. The third-order valence-corrected chi connectivity index (χ3v) is 4.78. The van der Waals surface area contributed by atoms with Gasteiger partial charge in [0.1, 0.15) is 10.6 Å². The van der Waals surface area contributed by atoms with Crippen LogP contribution in [-0.4, -0.2) is 29.0 Å². The molecule has 0 bridgehead atoms. The van der Waals surface area contributed by atoms with E-state index in [1.165, 1.54) is 4.88 Å². The lowest BCUT2D eigenvalue weighted by molar-refractivity contribution is -0.122. The predicted octanol–water partition coefficient (Wildman–Crippen LogP) is 2.35. The van der Waals surface area contributed by atoms with Gasteiger partial charge >= 0.3 is 0 Å². The molecule has 106 valence electrons. The lowest BCUT2D eigenvalue weighted by atomic mass is 9.96. The Morgan fingerprint density at radius 3 is 2.80 bits per heavy atom. The minimum Gasteiger partial charge on any atom is -0.369 e. The van der Waals surface area contributed by atoms with E-state index in [1.54, 1.807) is 11.3 Å². The molecule has 0 aliphatic carbocycles. The highest BCUT2D eigenvalue weighted by atomic mass is 35.5. The van der Waals surface area contributed by atoms with Gasteiger partial charge in [-0.15, -0.1) is 11.3 Å². The maximum Gasteiger partial charge on any atom is 0.225 e. The van der Waals surface area contributed by atoms with Crippen molar-refractivity contribution in [2.24, 2.45) is 11.7 Å². The van der Waals surface area contributed by atoms with Crippen molar-refractivity contribution in [1.29, 1.82) is 0 Å². The van der Waals surface area contributed by atoms with Crippen molar-refractivity contribution in [3.8, 4) is 0 Å². The first-order valence-corrected chi connectivity index (χ1v) is 7.72. The summed E-state index contributed by atoms with van der Waals surface area (Å²) >= 11 is 7.63. The topological polar surface area (TPSA) is 72.1 Å². The van der Waals surface area contributed by atoms with E-state index in [0.29, 0.717) is 0 Å². The van der Waals surface area contributed by atoms with E-state index in [2.05, 4.69) is 20.9 Å². The van der Waals surface area contributed by atoms with Gasteiger partial charge in [-0.2, -0.15) is 4.98 Å². The summed E-state index contributed by atoms with van der Waals surface area (Å²) in [5, 5.41) is 1.31. The average Bonchev–Trinajstić information content (AvgIpc) is 2.78. The fourth-order valence-electron chi connectivity index (χ4n) is 2.62. The molecule has 5 nitrogen and oxygen atoms in total. The molecule has 1 aliphatic rings. The Bertz CT molecular complexity index is 664. The molecule has 20 heavy (non-hydrogen) atoms. The molecule has 0 aromatic carbocycles. The largest absolute Gasteiger partial charge is 0.369 e. The van der Waals surface area contributed by atoms with Crippen LogP contribution >= 0.6 is 22.9 Å². The predicted molar refractivity (Wildman–Crippen MR) is 81.3 cm³/mol. The number of nitrogens with two attached hydrogens (primary N) is 1. The van der Waals surface area contributed by atoms with Crippen LogP contribution in [0.25, 0.3) is 10.2 Å². The van der Waals surface area contributed by atoms with Gasteiger partial charge in [-0.05, 0) is 37.4 Å². The minimum absolute atomic E-state index is 0.0248. The number of hydrogen-bond acceptors (Lipinski definition) is 5. The monoisotopic (exact) mass is 310 g/mol. The van der Waals surface area contributed by atoms with E-state index in [9.17, 15) is 4.79 Å². The smallest absolute Gasteiger partial charge is 0.225 e. The normalized spacial score (nSPS) is 16.8. The third kappa shape index (κ3) is 2.45. The van der Waals surface area contributed by atoms with Crippen LogP contribution in [0, 0.1) is 12.8 Å². The van der Waals surface area contributed by atoms with Crippen molar-refractivity contribution < 1.29 is 4.79 Å². The van der Waals surface area contributed by atoms with Crippen molar-refractivity contribution >= 4 is 44.9 Å². The fourth-order valence-corrected chi connectivity index (χ4v) is 3.71. The summed E-state index contributed by atoms with van der Waals surface area (Å²) in [6, 6.07) is 2.09. The Kier molecular flexibility index (Phi) is 3.52. The summed E-state index contributed by atoms with van der Waals surface area (Å²) in [6.07, 6.45) is 1.53. The molecule has 0 saturated carbocycles. The Labute approximate surface area is 125 Å². The zero-order valence-corrected chi connectivity index (χ0v) is 12.7. The molecule has 1 saturated heterocycles. The average molecular weight is 311 g/mol. The molecule has 1 amide bonds. The Morgan fingerprint density at radius 1 is 1.45 bits per heavy atom. The summed E-state index contributed by atoms with van der Waals surface area (Å²) in [5.74, 6) is 0.637. The SMILES string of the molecule is Cc1cc2c(N3CCC(C(N)=O)CC3)nc(Cl)nc2s1. The summed E-state index contributed by atoms with van der Waals surface area (Å²) in [4.78, 5) is 24.1. The highest BCUT2D eigenvalue weighted by molar-refractivity contribution is 7.18. The Hall–Kier alpha value is -1.40. The number of halogens is 1. The van der Waals surface area contributed by atoms with Crippen LogP contribution in [0.2, 0.25) is 5.28 Å². The van der Waals surface area contributed by atoms with Crippen LogP contribution in [0.4, 0.5) is 5.82 Å². The number of hydrogen-bond donors (Lipinski definition) is 1. The maximum absolute atomic E-state index is 11.2. The zero-order chi connectivity index (χ0) is 14.3. The number of piperidine rings is 1. The third-order valence-electron chi connectivity index (χ3n) is 3.67. The van der Waals surface area contributed by atoms with Crippen LogP contribution in [0.15, 0.2) is 6.07 Å². The van der Waals surface area contributed by atoms with E-state index in [-0.39, 0.29) is 17.1 Å². The number of fused-ring (bicyclic) bond motifs is 1. The molecule has 0 spiro atoms. The minimum atomic E-state index is -0.207. The van der Waals surface area contributed by atoms with Crippen LogP contribution in [0.3, 0.4) is 0 Å². The quantitative estimate of drug-likeness (QED) is 0.864. The number of amides is 1. The molecule has 2 N–H and O–H groups in total. The summed E-state index contributed by atoms with van der Waals surface area (Å²) < 4.78 is 0. The van der Waals surface area contributed by atoms with E-state index in [1.807, 2.05) is 6.92 Å². The van der Waals surface area contributed by atoms with Crippen LogP contribution in [-0.2, 0) is 4.79 Å². The van der Waals surface area contributed by atoms with E-state index < -0.39 is 0 Å². The fraction of sp³-hybridized carbons (Fsp3) is 0.462. The maximum atomic E-state index is 11.2. The first-order chi connectivity index (χ1) is 9.54. The Balaban J connectivity index is 1.93. The molecular weight excluding hydrogens is 296 g/mol. The molecule has 0 radical (unpaired) electrons. The van der Waals surface area contributed by atoms with Gasteiger partial charge in [-0.25, -0.2) is 4.98 Å². The number of nitrogens with zero attached hydrogens (tertiary/aromatic N) is 3. The van der Waals surface area contributed by atoms with Gasteiger partial charge < -0.3 is 10.6 Å². The second-order valence-corrected chi connectivity index (χ2v) is 6.63. The van der Waals surface area contributed by atoms with Crippen LogP contribution in [0.5, 0.6) is 0 Å². The molecule has 0 unspecified atom stereocenters.